The molecule has 0 radical (unpaired) electrons. The predicted octanol–water partition coefficient (Wildman–Crippen LogP) is 8.85. The number of benzene rings is 1. The fraction of sp³-hybridized carbons (Fsp3) is 0.357. The van der Waals surface area contributed by atoms with Crippen molar-refractivity contribution in [2.75, 3.05) is 5.75 Å². The highest BCUT2D eigenvalue weighted by molar-refractivity contribution is 8.23. The number of thioether (sulfide) groups is 1. The molecule has 1 aromatic carbocycles. The molecule has 30 heavy (non-hydrogen) atoms. The summed E-state index contributed by atoms with van der Waals surface area (Å²) < 4.78 is 0.949. The maximum absolute atomic E-state index is 5.83. The van der Waals surface area contributed by atoms with Gasteiger partial charge >= 0.3 is 0 Å². The molecule has 1 rings (SSSR count). The third kappa shape index (κ3) is 8.48. The molecule has 0 aliphatic heterocycles. The molecule has 0 fully saturated rings. The van der Waals surface area contributed by atoms with Crippen LogP contribution >= 0.6 is 24.0 Å². The van der Waals surface area contributed by atoms with E-state index in [1.165, 1.54) is 22.3 Å². The van der Waals surface area contributed by atoms with Crippen LogP contribution in [0.25, 0.3) is 0 Å². The van der Waals surface area contributed by atoms with Gasteiger partial charge in [-0.1, -0.05) is 68.6 Å². The minimum absolute atomic E-state index is 0.458. The zero-order chi connectivity index (χ0) is 22.5. The molecule has 0 aliphatic rings. The largest absolute Gasteiger partial charge is 0.121 e. The second kappa shape index (κ2) is 14.2. The fourth-order valence-corrected chi connectivity index (χ4v) is 4.60. The van der Waals surface area contributed by atoms with Gasteiger partial charge in [0.2, 0.25) is 0 Å². The van der Waals surface area contributed by atoms with Crippen molar-refractivity contribution in [1.29, 1.82) is 0 Å². The van der Waals surface area contributed by atoms with Crippen LogP contribution in [0.2, 0.25) is 0 Å². The first-order chi connectivity index (χ1) is 14.3. The van der Waals surface area contributed by atoms with Crippen LogP contribution in [0.15, 0.2) is 83.7 Å². The molecule has 0 bridgehead atoms. The quantitative estimate of drug-likeness (QED) is 0.118. The van der Waals surface area contributed by atoms with E-state index < -0.39 is 0 Å². The van der Waals surface area contributed by atoms with Crippen LogP contribution in [-0.4, -0.2) is 9.95 Å². The van der Waals surface area contributed by atoms with Crippen molar-refractivity contribution in [3.05, 3.63) is 100 Å². The minimum atomic E-state index is 0.458. The topological polar surface area (TPSA) is 0 Å². The molecule has 2 heteroatoms. The molecular formula is C28H36S2. The molecule has 160 valence electrons. The molecule has 0 saturated carbocycles. The molecule has 0 N–H and O–H groups in total. The van der Waals surface area contributed by atoms with E-state index in [0.29, 0.717) is 5.92 Å². The molecule has 1 atom stereocenters. The lowest BCUT2D eigenvalue weighted by Gasteiger charge is -2.18. The molecule has 0 saturated heterocycles. The van der Waals surface area contributed by atoms with Gasteiger partial charge in [-0.2, -0.15) is 0 Å². The maximum atomic E-state index is 5.83. The Bertz CT molecular complexity index is 887. The molecule has 0 spiro atoms. The van der Waals surface area contributed by atoms with Gasteiger partial charge in [-0.15, -0.1) is 24.1 Å². The SMILES string of the molecule is C=CC/C=C(C(=S)SCC(C)c1cccc(C)c1CC)\C(C)=C\C=C=CC(C)=CC. The van der Waals surface area contributed by atoms with Crippen molar-refractivity contribution in [2.24, 2.45) is 0 Å². The molecule has 0 nitrogen and oxygen atoms in total. The van der Waals surface area contributed by atoms with E-state index in [1.54, 1.807) is 11.8 Å². The van der Waals surface area contributed by atoms with E-state index in [4.69, 9.17) is 12.2 Å². The average molecular weight is 437 g/mol. The van der Waals surface area contributed by atoms with Gasteiger partial charge in [-0.3, -0.25) is 0 Å². The molecule has 0 amide bonds. The van der Waals surface area contributed by atoms with Crippen molar-refractivity contribution in [3.63, 3.8) is 0 Å². The van der Waals surface area contributed by atoms with Crippen molar-refractivity contribution in [1.82, 2.24) is 0 Å². The number of thiocarbonyl (C=S) groups is 1. The first-order valence-electron chi connectivity index (χ1n) is 10.6. The van der Waals surface area contributed by atoms with E-state index >= 15 is 0 Å². The van der Waals surface area contributed by atoms with E-state index in [-0.39, 0.29) is 0 Å². The van der Waals surface area contributed by atoms with Gasteiger partial charge < -0.3 is 0 Å². The Hall–Kier alpha value is -1.86. The minimum Gasteiger partial charge on any atom is -0.121 e. The van der Waals surface area contributed by atoms with Crippen LogP contribution in [0, 0.1) is 6.92 Å². The van der Waals surface area contributed by atoms with Crippen LogP contribution in [0.3, 0.4) is 0 Å². The highest BCUT2D eigenvalue weighted by Gasteiger charge is 2.14. The van der Waals surface area contributed by atoms with Gasteiger partial charge in [-0.05, 0) is 92.0 Å². The maximum Gasteiger partial charge on any atom is 0.0778 e. The summed E-state index contributed by atoms with van der Waals surface area (Å²) in [7, 11) is 0. The molecule has 1 aromatic rings. The van der Waals surface area contributed by atoms with Gasteiger partial charge in [0.25, 0.3) is 0 Å². The predicted molar refractivity (Wildman–Crippen MR) is 143 cm³/mol. The lowest BCUT2D eigenvalue weighted by Crippen LogP contribution is -2.06. The van der Waals surface area contributed by atoms with E-state index in [0.717, 1.165) is 33.9 Å². The number of hydrogen-bond acceptors (Lipinski definition) is 2. The Labute approximate surface area is 194 Å². The van der Waals surface area contributed by atoms with Crippen LogP contribution in [0.1, 0.15) is 63.6 Å². The summed E-state index contributed by atoms with van der Waals surface area (Å²) in [6.45, 7) is 16.8. The molecule has 0 aromatic heterocycles. The Balaban J connectivity index is 2.96. The summed E-state index contributed by atoms with van der Waals surface area (Å²) in [5, 5.41) is 0. The summed E-state index contributed by atoms with van der Waals surface area (Å²) >= 11 is 7.60. The normalized spacial score (nSPS) is 13.5. The number of allylic oxidation sites excluding steroid dienone is 7. The van der Waals surface area contributed by atoms with Crippen molar-refractivity contribution in [3.8, 4) is 0 Å². The van der Waals surface area contributed by atoms with Crippen molar-refractivity contribution >= 4 is 28.2 Å². The fourth-order valence-electron chi connectivity index (χ4n) is 3.17. The molecular weight excluding hydrogens is 400 g/mol. The van der Waals surface area contributed by atoms with Gasteiger partial charge in [-0.25, -0.2) is 0 Å². The lowest BCUT2D eigenvalue weighted by atomic mass is 9.92. The van der Waals surface area contributed by atoms with Crippen molar-refractivity contribution in [2.45, 2.75) is 60.3 Å². The Morgan fingerprint density at radius 3 is 2.67 bits per heavy atom. The van der Waals surface area contributed by atoms with Gasteiger partial charge in [0.1, 0.15) is 0 Å². The van der Waals surface area contributed by atoms with Crippen LogP contribution in [0.5, 0.6) is 0 Å². The molecule has 1 unspecified atom stereocenters. The van der Waals surface area contributed by atoms with Gasteiger partial charge in [0.05, 0.1) is 4.20 Å². The average Bonchev–Trinajstić information content (AvgIpc) is 2.74. The number of hydrogen-bond donors (Lipinski definition) is 0. The second-order valence-electron chi connectivity index (χ2n) is 7.50. The summed E-state index contributed by atoms with van der Waals surface area (Å²) in [4.78, 5) is 0. The Morgan fingerprint density at radius 1 is 1.30 bits per heavy atom. The first-order valence-corrected chi connectivity index (χ1v) is 12.0. The first kappa shape index (κ1) is 26.2. The zero-order valence-electron chi connectivity index (χ0n) is 19.4. The van der Waals surface area contributed by atoms with Gasteiger partial charge in [0.15, 0.2) is 0 Å². The summed E-state index contributed by atoms with van der Waals surface area (Å²) in [6, 6.07) is 6.64. The standard InChI is InChI=1S/C28H36S2/c1-8-11-18-27(23(6)16-13-12-15-21(4)9-2)28(29)30-20-24(7)26-19-14-17-22(5)25(26)10-3/h8-9,13-19,24H,1,10-11,20H2,2-7H3/b21-9?,23-16+,27-18+. The second-order valence-corrected chi connectivity index (χ2v) is 9.19. The summed E-state index contributed by atoms with van der Waals surface area (Å²) in [5.41, 5.74) is 11.0. The van der Waals surface area contributed by atoms with Crippen LogP contribution in [0.4, 0.5) is 0 Å². The Kier molecular flexibility index (Phi) is 12.4. The van der Waals surface area contributed by atoms with Gasteiger partial charge in [0, 0.05) is 5.75 Å². The zero-order valence-corrected chi connectivity index (χ0v) is 21.1. The highest BCUT2D eigenvalue weighted by atomic mass is 32.2. The van der Waals surface area contributed by atoms with E-state index in [2.05, 4.69) is 83.4 Å². The summed E-state index contributed by atoms with van der Waals surface area (Å²) in [6.07, 6.45) is 14.1. The Morgan fingerprint density at radius 2 is 2.03 bits per heavy atom. The monoisotopic (exact) mass is 436 g/mol. The van der Waals surface area contributed by atoms with E-state index in [1.807, 2.05) is 25.2 Å². The van der Waals surface area contributed by atoms with Crippen LogP contribution in [-0.2, 0) is 6.42 Å². The highest BCUT2D eigenvalue weighted by Crippen LogP contribution is 2.29. The molecule has 0 aliphatic carbocycles. The third-order valence-electron chi connectivity index (χ3n) is 5.12. The van der Waals surface area contributed by atoms with E-state index in [9.17, 15) is 0 Å². The summed E-state index contributed by atoms with van der Waals surface area (Å²) in [5.74, 6) is 1.43. The third-order valence-corrected chi connectivity index (χ3v) is 6.85. The number of rotatable bonds is 10. The lowest BCUT2D eigenvalue weighted by molar-refractivity contribution is 0.854. The number of aryl methyl sites for hydroxylation is 1. The molecule has 0 heterocycles. The smallest absolute Gasteiger partial charge is 0.0778 e. The van der Waals surface area contributed by atoms with Crippen molar-refractivity contribution < 1.29 is 0 Å². The van der Waals surface area contributed by atoms with Crippen LogP contribution < -0.4 is 0 Å².